The molecule has 0 spiro atoms. The maximum absolute atomic E-state index is 10.2. The maximum Gasteiger partial charge on any atom is 0.138 e. The zero-order chi connectivity index (χ0) is 24.7. The van der Waals surface area contributed by atoms with Gasteiger partial charge in [-0.2, -0.15) is 0 Å². The Bertz CT molecular complexity index is 1060. The van der Waals surface area contributed by atoms with Crippen LogP contribution < -0.4 is 9.47 Å². The zero-order valence-corrected chi connectivity index (χ0v) is 20.6. The average Bonchev–Trinajstić information content (AvgIpc) is 3.28. The molecular formula is C24H29Cl2N3O5. The highest BCUT2D eigenvalue weighted by Gasteiger charge is 2.24. The van der Waals surface area contributed by atoms with Crippen molar-refractivity contribution in [3.8, 4) is 11.5 Å². The Morgan fingerprint density at radius 1 is 1.00 bits per heavy atom. The minimum atomic E-state index is -0.809. The third-order valence-corrected chi connectivity index (χ3v) is 6.18. The summed E-state index contributed by atoms with van der Waals surface area (Å²) < 4.78 is 12.7. The van der Waals surface area contributed by atoms with Gasteiger partial charge >= 0.3 is 0 Å². The van der Waals surface area contributed by atoms with Crippen molar-refractivity contribution in [1.29, 1.82) is 0 Å². The number of aliphatic hydroxyl groups is 3. The second-order valence-electron chi connectivity index (χ2n) is 8.44. The monoisotopic (exact) mass is 509 g/mol. The van der Waals surface area contributed by atoms with Crippen molar-refractivity contribution >= 4 is 23.2 Å². The molecule has 0 saturated heterocycles. The standard InChI is InChI=1S/C24H29Cl2N3O5/c1-24(2,17-5-8-23(22(26)9-17)34-14-19(31)10-25)16-3-6-21(7-4-16)33-15-20(32)12-29-18(13-30)11-27-28-29/h3-9,11,19-20,30-32H,10,12-15H2,1-2H3/t19-,20+/m0/s1. The lowest BCUT2D eigenvalue weighted by Gasteiger charge is -2.27. The van der Waals surface area contributed by atoms with Crippen LogP contribution in [0.4, 0.5) is 0 Å². The average molecular weight is 510 g/mol. The molecular weight excluding hydrogens is 481 g/mol. The van der Waals surface area contributed by atoms with Gasteiger partial charge in [0.2, 0.25) is 0 Å². The molecule has 1 heterocycles. The lowest BCUT2D eigenvalue weighted by atomic mass is 9.78. The highest BCUT2D eigenvalue weighted by Crippen LogP contribution is 2.36. The number of halogens is 2. The quantitative estimate of drug-likeness (QED) is 0.321. The molecule has 0 fully saturated rings. The van der Waals surface area contributed by atoms with Crippen LogP contribution >= 0.6 is 23.2 Å². The number of hydrogen-bond donors (Lipinski definition) is 3. The summed E-state index contributed by atoms with van der Waals surface area (Å²) in [7, 11) is 0. The van der Waals surface area contributed by atoms with E-state index >= 15 is 0 Å². The third kappa shape index (κ3) is 6.61. The van der Waals surface area contributed by atoms with E-state index in [0.717, 1.165) is 11.1 Å². The Balaban J connectivity index is 1.61. The van der Waals surface area contributed by atoms with E-state index in [4.69, 9.17) is 32.7 Å². The largest absolute Gasteiger partial charge is 0.491 e. The number of aromatic nitrogens is 3. The van der Waals surface area contributed by atoms with Crippen molar-refractivity contribution in [3.63, 3.8) is 0 Å². The van der Waals surface area contributed by atoms with Crippen LogP contribution in [0.25, 0.3) is 0 Å². The van der Waals surface area contributed by atoms with Gasteiger partial charge in [-0.3, -0.25) is 0 Å². The topological polar surface area (TPSA) is 110 Å². The van der Waals surface area contributed by atoms with E-state index in [1.165, 1.54) is 10.9 Å². The van der Waals surface area contributed by atoms with Crippen molar-refractivity contribution in [2.45, 2.75) is 44.6 Å². The molecule has 8 nitrogen and oxygen atoms in total. The van der Waals surface area contributed by atoms with Gasteiger partial charge in [0.15, 0.2) is 0 Å². The van der Waals surface area contributed by atoms with Crippen molar-refractivity contribution in [2.75, 3.05) is 19.1 Å². The van der Waals surface area contributed by atoms with Gasteiger partial charge in [0.25, 0.3) is 0 Å². The maximum atomic E-state index is 10.2. The van der Waals surface area contributed by atoms with Crippen molar-refractivity contribution in [3.05, 3.63) is 70.5 Å². The summed E-state index contributed by atoms with van der Waals surface area (Å²) in [5.41, 5.74) is 2.24. The van der Waals surface area contributed by atoms with Crippen LogP contribution in [-0.2, 0) is 18.6 Å². The lowest BCUT2D eigenvalue weighted by Crippen LogP contribution is -2.25. The van der Waals surface area contributed by atoms with Gasteiger partial charge in [-0.1, -0.05) is 48.9 Å². The van der Waals surface area contributed by atoms with Gasteiger partial charge < -0.3 is 24.8 Å². The molecule has 0 aliphatic carbocycles. The molecule has 3 aromatic rings. The van der Waals surface area contributed by atoms with Crippen LogP contribution in [0.3, 0.4) is 0 Å². The molecule has 0 bridgehead atoms. The van der Waals surface area contributed by atoms with Crippen LogP contribution in [0.5, 0.6) is 11.5 Å². The van der Waals surface area contributed by atoms with Gasteiger partial charge in [0.05, 0.1) is 35.9 Å². The Morgan fingerprint density at radius 2 is 1.68 bits per heavy atom. The molecule has 3 rings (SSSR count). The molecule has 2 aromatic carbocycles. The summed E-state index contributed by atoms with van der Waals surface area (Å²) in [6.45, 7) is 4.30. The number of aliphatic hydroxyl groups excluding tert-OH is 3. The van der Waals surface area contributed by atoms with Gasteiger partial charge in [0, 0.05) is 5.41 Å². The molecule has 1 aromatic heterocycles. The van der Waals surface area contributed by atoms with Crippen LogP contribution in [-0.4, -0.2) is 61.6 Å². The Labute approximate surface area is 208 Å². The Kier molecular flexibility index (Phi) is 9.16. The molecule has 34 heavy (non-hydrogen) atoms. The number of alkyl halides is 1. The predicted molar refractivity (Wildman–Crippen MR) is 130 cm³/mol. The summed E-state index contributed by atoms with van der Waals surface area (Å²) in [6, 6.07) is 13.2. The highest BCUT2D eigenvalue weighted by molar-refractivity contribution is 6.32. The normalized spacial score (nSPS) is 13.5. The van der Waals surface area contributed by atoms with Gasteiger partial charge in [-0.15, -0.1) is 16.7 Å². The first-order valence-corrected chi connectivity index (χ1v) is 11.7. The Morgan fingerprint density at radius 3 is 2.32 bits per heavy atom. The van der Waals surface area contributed by atoms with Gasteiger partial charge in [-0.25, -0.2) is 4.68 Å². The molecule has 184 valence electrons. The smallest absolute Gasteiger partial charge is 0.138 e. The molecule has 0 aliphatic heterocycles. The highest BCUT2D eigenvalue weighted by atomic mass is 35.5. The molecule has 0 radical (unpaired) electrons. The lowest BCUT2D eigenvalue weighted by molar-refractivity contribution is 0.0866. The van der Waals surface area contributed by atoms with E-state index in [9.17, 15) is 15.3 Å². The Hall–Kier alpha value is -2.36. The predicted octanol–water partition coefficient (Wildman–Crippen LogP) is 3.17. The van der Waals surface area contributed by atoms with Crippen LogP contribution in [0.1, 0.15) is 30.7 Å². The molecule has 0 saturated carbocycles. The second-order valence-corrected chi connectivity index (χ2v) is 9.16. The fourth-order valence-electron chi connectivity index (χ4n) is 3.37. The fraction of sp³-hybridized carbons (Fsp3) is 0.417. The van der Waals surface area contributed by atoms with E-state index in [2.05, 4.69) is 24.2 Å². The van der Waals surface area contributed by atoms with Crippen LogP contribution in [0.15, 0.2) is 48.7 Å². The minimum absolute atomic E-state index is 0.0724. The van der Waals surface area contributed by atoms with E-state index < -0.39 is 12.2 Å². The van der Waals surface area contributed by atoms with E-state index in [0.29, 0.717) is 22.2 Å². The second kappa shape index (κ2) is 11.9. The van der Waals surface area contributed by atoms with E-state index in [-0.39, 0.29) is 37.7 Å². The van der Waals surface area contributed by atoms with Gasteiger partial charge in [-0.05, 0) is 35.4 Å². The SMILES string of the molecule is CC(C)(c1ccc(OC[C@H](O)Cn2nncc2CO)cc1)c1ccc(OC[C@@H](O)CCl)c(Cl)c1. The zero-order valence-electron chi connectivity index (χ0n) is 19.1. The van der Waals surface area contributed by atoms with Crippen LogP contribution in [0.2, 0.25) is 5.02 Å². The molecule has 3 N–H and O–H groups in total. The van der Waals surface area contributed by atoms with Gasteiger partial charge in [0.1, 0.15) is 36.9 Å². The molecule has 2 atom stereocenters. The van der Waals surface area contributed by atoms with Crippen molar-refractivity contribution in [1.82, 2.24) is 15.0 Å². The minimum Gasteiger partial charge on any atom is -0.491 e. The first-order chi connectivity index (χ1) is 16.2. The molecule has 10 heteroatoms. The molecule has 0 amide bonds. The summed E-state index contributed by atoms with van der Waals surface area (Å²) >= 11 is 12.0. The summed E-state index contributed by atoms with van der Waals surface area (Å²) in [5, 5.41) is 37.1. The number of nitrogens with zero attached hydrogens (tertiary/aromatic N) is 3. The van der Waals surface area contributed by atoms with Crippen molar-refractivity contribution < 1.29 is 24.8 Å². The first kappa shape index (κ1) is 26.2. The summed E-state index contributed by atoms with van der Waals surface area (Å²) in [4.78, 5) is 0. The van der Waals surface area contributed by atoms with Crippen molar-refractivity contribution in [2.24, 2.45) is 0 Å². The summed E-state index contributed by atoms with van der Waals surface area (Å²) in [6.07, 6.45) is -0.110. The summed E-state index contributed by atoms with van der Waals surface area (Å²) in [5.74, 6) is 1.21. The van der Waals surface area contributed by atoms with Crippen LogP contribution in [0, 0.1) is 0 Å². The molecule has 0 aliphatic rings. The van der Waals surface area contributed by atoms with E-state index in [1.807, 2.05) is 36.4 Å². The number of hydrogen-bond acceptors (Lipinski definition) is 7. The first-order valence-electron chi connectivity index (χ1n) is 10.8. The third-order valence-electron chi connectivity index (χ3n) is 5.52. The molecule has 0 unspecified atom stereocenters. The number of benzene rings is 2. The number of ether oxygens (including phenoxy) is 2. The van der Waals surface area contributed by atoms with E-state index in [1.54, 1.807) is 6.07 Å². The number of rotatable bonds is 12. The fourth-order valence-corrected chi connectivity index (χ4v) is 3.70.